The predicted octanol–water partition coefficient (Wildman–Crippen LogP) is 3.94. The molecule has 0 spiro atoms. The molecule has 2 rings (SSSR count). The molecule has 5 heteroatoms. The van der Waals surface area contributed by atoms with Gasteiger partial charge in [-0.1, -0.05) is 13.8 Å². The van der Waals surface area contributed by atoms with Crippen molar-refractivity contribution >= 4 is 23.6 Å². The summed E-state index contributed by atoms with van der Waals surface area (Å²) in [7, 11) is 0. The fourth-order valence-corrected chi connectivity index (χ4v) is 2.96. The molecule has 0 saturated heterocycles. The van der Waals surface area contributed by atoms with Crippen molar-refractivity contribution in [2.45, 2.75) is 34.2 Å². The Bertz CT molecular complexity index is 555. The third-order valence-electron chi connectivity index (χ3n) is 2.69. The topological polar surface area (TPSA) is 33.6 Å². The van der Waals surface area contributed by atoms with Gasteiger partial charge in [-0.05, 0) is 43.6 Å². The fourth-order valence-electron chi connectivity index (χ4n) is 1.72. The van der Waals surface area contributed by atoms with Crippen LogP contribution in [0.25, 0.3) is 10.7 Å². The molecule has 2 aromatic heterocycles. The van der Waals surface area contributed by atoms with Crippen molar-refractivity contribution in [3.63, 3.8) is 0 Å². The molecule has 0 aliphatic carbocycles. The minimum absolute atomic E-state index is 0.556. The van der Waals surface area contributed by atoms with Crippen molar-refractivity contribution in [3.05, 3.63) is 21.3 Å². The van der Waals surface area contributed by atoms with Crippen molar-refractivity contribution in [1.29, 1.82) is 0 Å². The number of hydrogen-bond acceptors (Lipinski definition) is 3. The molecular weight excluding hydrogens is 250 g/mol. The zero-order valence-corrected chi connectivity index (χ0v) is 12.2. The van der Waals surface area contributed by atoms with Gasteiger partial charge in [-0.3, -0.25) is 9.67 Å². The molecule has 2 heterocycles. The predicted molar refractivity (Wildman–Crippen MR) is 75.0 cm³/mol. The average Bonchev–Trinajstić information content (AvgIpc) is 2.73. The molecule has 1 N–H and O–H groups in total. The normalized spacial score (nSPS) is 11.4. The summed E-state index contributed by atoms with van der Waals surface area (Å²) in [6.07, 6.45) is 0. The lowest BCUT2D eigenvalue weighted by Crippen LogP contribution is -2.05. The Morgan fingerprint density at radius 2 is 2.18 bits per heavy atom. The second-order valence-electron chi connectivity index (χ2n) is 4.71. The van der Waals surface area contributed by atoms with Gasteiger partial charge >= 0.3 is 0 Å². The zero-order chi connectivity index (χ0) is 12.6. The van der Waals surface area contributed by atoms with Crippen molar-refractivity contribution in [2.24, 2.45) is 5.92 Å². The number of rotatable bonds is 3. The molecule has 0 aromatic carbocycles. The number of thiophene rings is 1. The van der Waals surface area contributed by atoms with Gasteiger partial charge in [0, 0.05) is 11.4 Å². The smallest absolute Gasteiger partial charge is 0.195 e. The number of nitrogens with zero attached hydrogens (tertiary/aromatic N) is 2. The number of aryl methyl sites for hydroxylation is 2. The van der Waals surface area contributed by atoms with Gasteiger partial charge in [-0.15, -0.1) is 11.3 Å². The van der Waals surface area contributed by atoms with Crippen LogP contribution in [0.3, 0.4) is 0 Å². The van der Waals surface area contributed by atoms with E-state index in [9.17, 15) is 0 Å². The van der Waals surface area contributed by atoms with E-state index in [-0.39, 0.29) is 0 Å². The van der Waals surface area contributed by atoms with E-state index in [0.29, 0.717) is 10.7 Å². The summed E-state index contributed by atoms with van der Waals surface area (Å²) in [5.41, 5.74) is 1.31. The maximum Gasteiger partial charge on any atom is 0.195 e. The summed E-state index contributed by atoms with van der Waals surface area (Å²) >= 11 is 7.05. The standard InChI is InChI=1S/C12H17N3S2/c1-7(2)6-15-11(13-14-12(15)16)10-5-8(3)9(4)17-10/h5,7H,6H2,1-4H3,(H,14,16). The number of hydrogen-bond donors (Lipinski definition) is 1. The van der Waals surface area contributed by atoms with Gasteiger partial charge in [0.25, 0.3) is 0 Å². The Labute approximate surface area is 111 Å². The third kappa shape index (κ3) is 2.50. The summed E-state index contributed by atoms with van der Waals surface area (Å²) in [6, 6.07) is 2.18. The van der Waals surface area contributed by atoms with Crippen molar-refractivity contribution in [3.8, 4) is 10.7 Å². The molecule has 0 fully saturated rings. The van der Waals surface area contributed by atoms with Crippen LogP contribution >= 0.6 is 23.6 Å². The van der Waals surface area contributed by atoms with Crippen LogP contribution in [0.4, 0.5) is 0 Å². The quantitative estimate of drug-likeness (QED) is 0.855. The molecule has 0 aliphatic rings. The van der Waals surface area contributed by atoms with Crippen LogP contribution in [0, 0.1) is 24.5 Å². The largest absolute Gasteiger partial charge is 0.299 e. The summed E-state index contributed by atoms with van der Waals surface area (Å²) in [5.74, 6) is 1.52. The first-order valence-electron chi connectivity index (χ1n) is 5.71. The molecule has 2 aromatic rings. The molecule has 17 heavy (non-hydrogen) atoms. The number of H-pyrrole nitrogens is 1. The molecule has 0 amide bonds. The van der Waals surface area contributed by atoms with Gasteiger partial charge in [0.05, 0.1) is 4.88 Å². The van der Waals surface area contributed by atoms with Crippen LogP contribution in [0.5, 0.6) is 0 Å². The SMILES string of the molecule is Cc1cc(-c2n[nH]c(=S)n2CC(C)C)sc1C. The van der Waals surface area contributed by atoms with E-state index in [1.807, 2.05) is 0 Å². The lowest BCUT2D eigenvalue weighted by molar-refractivity contribution is 0.522. The maximum atomic E-state index is 5.28. The molecule has 0 bridgehead atoms. The monoisotopic (exact) mass is 267 g/mol. The second-order valence-corrected chi connectivity index (χ2v) is 6.35. The Balaban J connectivity index is 2.48. The van der Waals surface area contributed by atoms with Crippen molar-refractivity contribution in [1.82, 2.24) is 14.8 Å². The van der Waals surface area contributed by atoms with Crippen LogP contribution in [0.2, 0.25) is 0 Å². The van der Waals surface area contributed by atoms with Crippen LogP contribution < -0.4 is 0 Å². The van der Waals surface area contributed by atoms with E-state index in [1.54, 1.807) is 11.3 Å². The number of nitrogens with one attached hydrogen (secondary N) is 1. The van der Waals surface area contributed by atoms with Crippen LogP contribution in [0.1, 0.15) is 24.3 Å². The lowest BCUT2D eigenvalue weighted by atomic mass is 10.2. The lowest BCUT2D eigenvalue weighted by Gasteiger charge is -2.07. The summed E-state index contributed by atoms with van der Waals surface area (Å²) in [5, 5.41) is 7.24. The second kappa shape index (κ2) is 4.74. The summed E-state index contributed by atoms with van der Waals surface area (Å²) in [6.45, 7) is 9.54. The highest BCUT2D eigenvalue weighted by atomic mass is 32.1. The highest BCUT2D eigenvalue weighted by Gasteiger charge is 2.13. The van der Waals surface area contributed by atoms with Gasteiger partial charge in [0.1, 0.15) is 0 Å². The van der Waals surface area contributed by atoms with E-state index in [1.165, 1.54) is 15.3 Å². The van der Waals surface area contributed by atoms with Crippen LogP contribution in [0.15, 0.2) is 6.07 Å². The first kappa shape index (κ1) is 12.5. The van der Waals surface area contributed by atoms with E-state index in [0.717, 1.165) is 12.4 Å². The number of aromatic nitrogens is 3. The highest BCUT2D eigenvalue weighted by molar-refractivity contribution is 7.71. The van der Waals surface area contributed by atoms with Gasteiger partial charge in [0.15, 0.2) is 10.6 Å². The molecule has 0 radical (unpaired) electrons. The fraction of sp³-hybridized carbons (Fsp3) is 0.500. The van der Waals surface area contributed by atoms with Crippen LogP contribution in [-0.2, 0) is 6.54 Å². The first-order chi connectivity index (χ1) is 7.99. The minimum Gasteiger partial charge on any atom is -0.299 e. The Morgan fingerprint density at radius 3 is 2.71 bits per heavy atom. The average molecular weight is 267 g/mol. The molecule has 0 saturated carbocycles. The van der Waals surface area contributed by atoms with Crippen molar-refractivity contribution in [2.75, 3.05) is 0 Å². The van der Waals surface area contributed by atoms with Crippen LogP contribution in [-0.4, -0.2) is 14.8 Å². The van der Waals surface area contributed by atoms with E-state index in [4.69, 9.17) is 12.2 Å². The Hall–Kier alpha value is -0.940. The van der Waals surface area contributed by atoms with Crippen molar-refractivity contribution < 1.29 is 0 Å². The molecular formula is C12H17N3S2. The zero-order valence-electron chi connectivity index (χ0n) is 10.6. The number of aromatic amines is 1. The van der Waals surface area contributed by atoms with Gasteiger partial charge in [-0.25, -0.2) is 0 Å². The Kier molecular flexibility index (Phi) is 3.49. The van der Waals surface area contributed by atoms with Gasteiger partial charge in [0.2, 0.25) is 0 Å². The molecule has 3 nitrogen and oxygen atoms in total. The van der Waals surface area contributed by atoms with Gasteiger partial charge in [-0.2, -0.15) is 5.10 Å². The van der Waals surface area contributed by atoms with E-state index in [2.05, 4.69) is 48.5 Å². The van der Waals surface area contributed by atoms with Gasteiger partial charge < -0.3 is 0 Å². The van der Waals surface area contributed by atoms with E-state index < -0.39 is 0 Å². The highest BCUT2D eigenvalue weighted by Crippen LogP contribution is 2.29. The molecule has 0 atom stereocenters. The Morgan fingerprint density at radius 1 is 1.47 bits per heavy atom. The maximum absolute atomic E-state index is 5.28. The summed E-state index contributed by atoms with van der Waals surface area (Å²) < 4.78 is 2.79. The van der Waals surface area contributed by atoms with E-state index >= 15 is 0 Å². The minimum atomic E-state index is 0.556. The molecule has 0 aliphatic heterocycles. The molecule has 92 valence electrons. The molecule has 0 unspecified atom stereocenters. The third-order valence-corrected chi connectivity index (χ3v) is 4.15. The first-order valence-corrected chi connectivity index (χ1v) is 6.94. The summed E-state index contributed by atoms with van der Waals surface area (Å²) in [4.78, 5) is 2.53.